The van der Waals surface area contributed by atoms with Crippen LogP contribution in [0.3, 0.4) is 0 Å². The predicted octanol–water partition coefficient (Wildman–Crippen LogP) is 0.526. The van der Waals surface area contributed by atoms with Crippen molar-refractivity contribution in [3.63, 3.8) is 0 Å². The Kier molecular flexibility index (Phi) is 1.83. The van der Waals surface area contributed by atoms with Crippen molar-refractivity contribution < 1.29 is 14.6 Å². The Hall–Kier alpha value is -0.120. The number of rotatable bonds is 2. The topological polar surface area (TPSA) is 38.4 Å². The van der Waals surface area contributed by atoms with E-state index < -0.39 is 6.29 Å². The highest BCUT2D eigenvalue weighted by Gasteiger charge is 2.20. The maximum absolute atomic E-state index is 10.2. The van der Waals surface area contributed by atoms with Crippen LogP contribution in [0, 0.1) is 0 Å². The van der Waals surface area contributed by atoms with Gasteiger partial charge in [0.1, 0.15) is 0 Å². The van der Waals surface area contributed by atoms with Crippen molar-refractivity contribution in [3.8, 4) is 0 Å². The Morgan fingerprint density at radius 3 is 2.62 bits per heavy atom. The molecule has 47 valence electrons. The van der Waals surface area contributed by atoms with Crippen molar-refractivity contribution in [3.05, 3.63) is 0 Å². The molecule has 1 rings (SSSR count). The van der Waals surface area contributed by atoms with E-state index in [2.05, 4.69) is 0 Å². The quantitative estimate of drug-likeness (QED) is 0.495. The Morgan fingerprint density at radius 2 is 2.50 bits per heavy atom. The molecular weight excluding hydrogens is 108 g/mol. The first-order valence-electron chi connectivity index (χ1n) is 2.72. The van der Waals surface area contributed by atoms with Gasteiger partial charge >= 0.3 is 0 Å². The third-order valence-corrected chi connectivity index (χ3v) is 1.00. The fourth-order valence-electron chi connectivity index (χ4n) is 0.535. The maximum Gasteiger partial charge on any atom is 0.191 e. The molecule has 0 aliphatic carbocycles. The number of hydrogen-bond acceptors (Lipinski definition) is 2. The molecule has 3 nitrogen and oxygen atoms in total. The molecule has 1 aliphatic rings. The van der Waals surface area contributed by atoms with Gasteiger partial charge in [-0.05, 0) is 6.92 Å². The first kappa shape index (κ1) is 6.01. The molecule has 0 aromatic rings. The van der Waals surface area contributed by atoms with E-state index >= 15 is 0 Å². The SMILES string of the molecule is CC([O])OC1CCO1. The third kappa shape index (κ3) is 1.43. The minimum Gasteiger partial charge on any atom is -0.352 e. The standard InChI is InChI=1S/C5H9O3/c1-4(6)8-5-2-3-7-5/h4-5H,2-3H2,1H3. The summed E-state index contributed by atoms with van der Waals surface area (Å²) in [6.07, 6.45) is -0.283. The lowest BCUT2D eigenvalue weighted by molar-refractivity contribution is -0.284. The molecule has 2 unspecified atom stereocenters. The second-order valence-electron chi connectivity index (χ2n) is 1.79. The van der Waals surface area contributed by atoms with Gasteiger partial charge in [-0.1, -0.05) is 0 Å². The molecule has 0 spiro atoms. The fourth-order valence-corrected chi connectivity index (χ4v) is 0.535. The second kappa shape index (κ2) is 2.44. The molecule has 0 amide bonds. The Bertz CT molecular complexity index is 68.1. The highest BCUT2D eigenvalue weighted by Crippen LogP contribution is 2.12. The minimum atomic E-state index is -0.944. The molecule has 3 heteroatoms. The van der Waals surface area contributed by atoms with Gasteiger partial charge < -0.3 is 9.47 Å². The zero-order valence-corrected chi connectivity index (χ0v) is 4.79. The van der Waals surface area contributed by atoms with Crippen LogP contribution in [-0.4, -0.2) is 19.2 Å². The highest BCUT2D eigenvalue weighted by atomic mass is 16.7. The number of hydrogen-bond donors (Lipinski definition) is 0. The zero-order chi connectivity index (χ0) is 5.98. The summed E-state index contributed by atoms with van der Waals surface area (Å²) in [6, 6.07) is 0. The van der Waals surface area contributed by atoms with Gasteiger partial charge in [-0.15, -0.1) is 0 Å². The van der Waals surface area contributed by atoms with Crippen molar-refractivity contribution in [1.82, 2.24) is 0 Å². The van der Waals surface area contributed by atoms with E-state index in [1.165, 1.54) is 6.92 Å². The van der Waals surface area contributed by atoms with E-state index in [9.17, 15) is 5.11 Å². The molecule has 2 atom stereocenters. The van der Waals surface area contributed by atoms with Crippen molar-refractivity contribution in [2.24, 2.45) is 0 Å². The molecule has 0 aromatic carbocycles. The van der Waals surface area contributed by atoms with Gasteiger partial charge in [-0.3, -0.25) is 0 Å². The van der Waals surface area contributed by atoms with E-state index in [-0.39, 0.29) is 6.29 Å². The van der Waals surface area contributed by atoms with Crippen LogP contribution < -0.4 is 0 Å². The van der Waals surface area contributed by atoms with Crippen LogP contribution >= 0.6 is 0 Å². The average Bonchev–Trinajstić information content (AvgIpc) is 1.55. The molecule has 0 saturated carbocycles. The first-order chi connectivity index (χ1) is 3.79. The lowest BCUT2D eigenvalue weighted by Crippen LogP contribution is -2.32. The van der Waals surface area contributed by atoms with Crippen LogP contribution in [0.5, 0.6) is 0 Å². The van der Waals surface area contributed by atoms with Gasteiger partial charge in [0, 0.05) is 6.42 Å². The van der Waals surface area contributed by atoms with Gasteiger partial charge in [-0.2, -0.15) is 0 Å². The monoisotopic (exact) mass is 117 g/mol. The third-order valence-electron chi connectivity index (χ3n) is 1.00. The van der Waals surface area contributed by atoms with E-state index in [1.54, 1.807) is 0 Å². The Balaban J connectivity index is 2.01. The predicted molar refractivity (Wildman–Crippen MR) is 25.6 cm³/mol. The lowest BCUT2D eigenvalue weighted by atomic mass is 10.3. The molecular formula is C5H9O3. The van der Waals surface area contributed by atoms with Gasteiger partial charge in [0.15, 0.2) is 12.6 Å². The normalized spacial score (nSPS) is 31.5. The smallest absolute Gasteiger partial charge is 0.191 e. The molecule has 0 aromatic heterocycles. The maximum atomic E-state index is 10.2. The molecule has 1 aliphatic heterocycles. The number of ether oxygens (including phenoxy) is 2. The van der Waals surface area contributed by atoms with Crippen LogP contribution in [0.4, 0.5) is 0 Å². The van der Waals surface area contributed by atoms with Gasteiger partial charge in [-0.25, -0.2) is 5.11 Å². The van der Waals surface area contributed by atoms with Crippen LogP contribution in [0.1, 0.15) is 13.3 Å². The summed E-state index contributed by atoms with van der Waals surface area (Å²) in [5.41, 5.74) is 0. The van der Waals surface area contributed by atoms with E-state index in [4.69, 9.17) is 9.47 Å². The van der Waals surface area contributed by atoms with Gasteiger partial charge in [0.05, 0.1) is 6.61 Å². The summed E-state index contributed by atoms with van der Waals surface area (Å²) in [5, 5.41) is 10.2. The Labute approximate surface area is 48.2 Å². The zero-order valence-electron chi connectivity index (χ0n) is 4.79. The van der Waals surface area contributed by atoms with E-state index in [0.717, 1.165) is 13.0 Å². The summed E-state index contributed by atoms with van der Waals surface area (Å²) in [6.45, 7) is 2.19. The van der Waals surface area contributed by atoms with Crippen molar-refractivity contribution in [2.45, 2.75) is 25.9 Å². The highest BCUT2D eigenvalue weighted by molar-refractivity contribution is 4.53. The van der Waals surface area contributed by atoms with Crippen molar-refractivity contribution in [1.29, 1.82) is 0 Å². The van der Waals surface area contributed by atoms with E-state index in [0.29, 0.717) is 0 Å². The van der Waals surface area contributed by atoms with Crippen LogP contribution in [0.25, 0.3) is 0 Å². The van der Waals surface area contributed by atoms with Gasteiger partial charge in [0.2, 0.25) is 0 Å². The second-order valence-corrected chi connectivity index (χ2v) is 1.79. The summed E-state index contributed by atoms with van der Waals surface area (Å²) in [7, 11) is 0. The van der Waals surface area contributed by atoms with Crippen LogP contribution in [0.15, 0.2) is 0 Å². The first-order valence-corrected chi connectivity index (χ1v) is 2.72. The molecule has 1 fully saturated rings. The summed E-state index contributed by atoms with van der Waals surface area (Å²) < 4.78 is 9.53. The average molecular weight is 117 g/mol. The Morgan fingerprint density at radius 1 is 1.88 bits per heavy atom. The molecule has 8 heavy (non-hydrogen) atoms. The lowest BCUT2D eigenvalue weighted by Gasteiger charge is -2.26. The van der Waals surface area contributed by atoms with Crippen molar-refractivity contribution in [2.75, 3.05) is 6.61 Å². The summed E-state index contributed by atoms with van der Waals surface area (Å²) in [5.74, 6) is 0. The summed E-state index contributed by atoms with van der Waals surface area (Å²) in [4.78, 5) is 0. The van der Waals surface area contributed by atoms with Gasteiger partial charge in [0.25, 0.3) is 0 Å². The van der Waals surface area contributed by atoms with E-state index in [1.807, 2.05) is 0 Å². The fraction of sp³-hybridized carbons (Fsp3) is 1.00. The largest absolute Gasteiger partial charge is 0.352 e. The minimum absolute atomic E-state index is 0.206. The molecule has 1 heterocycles. The van der Waals surface area contributed by atoms with Crippen molar-refractivity contribution >= 4 is 0 Å². The molecule has 0 N–H and O–H groups in total. The molecule has 0 bridgehead atoms. The summed E-state index contributed by atoms with van der Waals surface area (Å²) >= 11 is 0. The molecule has 1 saturated heterocycles. The van der Waals surface area contributed by atoms with Crippen LogP contribution in [-0.2, 0) is 14.6 Å². The van der Waals surface area contributed by atoms with Crippen LogP contribution in [0.2, 0.25) is 0 Å². The molecule has 1 radical (unpaired) electrons.